The fraction of sp³-hybridized carbons (Fsp3) is 0.150. The number of benzene rings is 2. The lowest BCUT2D eigenvalue weighted by molar-refractivity contribution is 0.0951. The van der Waals surface area contributed by atoms with E-state index in [-0.39, 0.29) is 5.91 Å². The monoisotopic (exact) mass is 335 g/mol. The van der Waals surface area contributed by atoms with Crippen LogP contribution in [-0.4, -0.2) is 20.0 Å². The molecule has 0 aliphatic heterocycles. The van der Waals surface area contributed by atoms with Crippen molar-refractivity contribution in [1.82, 2.24) is 5.32 Å². The number of hydrogen-bond donors (Lipinski definition) is 2. The molecule has 2 aromatic carbocycles. The largest absolute Gasteiger partial charge is 0.464 e. The van der Waals surface area contributed by atoms with E-state index in [9.17, 15) is 4.79 Å². The third-order valence-electron chi connectivity index (χ3n) is 3.93. The molecule has 0 aliphatic carbocycles. The molecule has 5 nitrogen and oxygen atoms in total. The fourth-order valence-electron chi connectivity index (χ4n) is 2.68. The molecule has 25 heavy (non-hydrogen) atoms. The van der Waals surface area contributed by atoms with Gasteiger partial charge in [0.15, 0.2) is 0 Å². The summed E-state index contributed by atoms with van der Waals surface area (Å²) < 4.78 is 5.42. The Bertz CT molecular complexity index is 870. The van der Waals surface area contributed by atoms with Crippen molar-refractivity contribution in [2.75, 3.05) is 24.7 Å². The molecule has 0 aliphatic rings. The van der Waals surface area contributed by atoms with Crippen molar-refractivity contribution in [1.29, 1.82) is 0 Å². The molecule has 1 amide bonds. The second kappa shape index (κ2) is 7.13. The van der Waals surface area contributed by atoms with E-state index >= 15 is 0 Å². The highest BCUT2D eigenvalue weighted by Gasteiger charge is 2.13. The molecule has 3 rings (SSSR count). The number of nitrogens with zero attached hydrogens (tertiary/aromatic N) is 1. The van der Waals surface area contributed by atoms with Crippen LogP contribution in [-0.2, 0) is 6.54 Å². The molecular formula is C20H21N3O2. The summed E-state index contributed by atoms with van der Waals surface area (Å²) >= 11 is 0. The van der Waals surface area contributed by atoms with E-state index in [4.69, 9.17) is 10.2 Å². The molecule has 1 heterocycles. The van der Waals surface area contributed by atoms with E-state index in [1.54, 1.807) is 18.4 Å². The minimum Gasteiger partial charge on any atom is -0.464 e. The lowest BCUT2D eigenvalue weighted by Crippen LogP contribution is -2.25. The van der Waals surface area contributed by atoms with Crippen LogP contribution in [0.25, 0.3) is 11.3 Å². The topological polar surface area (TPSA) is 71.5 Å². The number of amides is 1. The van der Waals surface area contributed by atoms with Gasteiger partial charge in [-0.25, -0.2) is 0 Å². The van der Waals surface area contributed by atoms with Gasteiger partial charge in [0.25, 0.3) is 5.91 Å². The number of carbonyl (C=O) groups excluding carboxylic acids is 1. The van der Waals surface area contributed by atoms with Gasteiger partial charge in [-0.15, -0.1) is 0 Å². The maximum absolute atomic E-state index is 12.6. The summed E-state index contributed by atoms with van der Waals surface area (Å²) in [5.41, 5.74) is 9.77. The maximum Gasteiger partial charge on any atom is 0.253 e. The number of rotatable bonds is 5. The van der Waals surface area contributed by atoms with Crippen molar-refractivity contribution >= 4 is 17.3 Å². The molecule has 0 bridgehead atoms. The molecule has 128 valence electrons. The minimum absolute atomic E-state index is 0.153. The number of anilines is 2. The number of nitrogen functional groups attached to an aromatic ring is 1. The lowest BCUT2D eigenvalue weighted by atomic mass is 10.1. The average molecular weight is 335 g/mol. The summed E-state index contributed by atoms with van der Waals surface area (Å²) in [6.07, 6.45) is 1.65. The Hall–Kier alpha value is -3.21. The van der Waals surface area contributed by atoms with Crippen LogP contribution in [0.3, 0.4) is 0 Å². The van der Waals surface area contributed by atoms with Gasteiger partial charge in [0.05, 0.1) is 11.8 Å². The van der Waals surface area contributed by atoms with Gasteiger partial charge in [0, 0.05) is 37.6 Å². The van der Waals surface area contributed by atoms with Gasteiger partial charge in [0.1, 0.15) is 5.76 Å². The third kappa shape index (κ3) is 3.83. The second-order valence-electron chi connectivity index (χ2n) is 6.03. The predicted molar refractivity (Wildman–Crippen MR) is 100 cm³/mol. The average Bonchev–Trinajstić information content (AvgIpc) is 3.14. The number of nitrogens with two attached hydrogens (primary N) is 1. The standard InChI is InChI=1S/C20H21N3O2/c1-23(2)18-9-8-16(21)12-17(18)20(24)22-13-14-5-3-6-15(11-14)19-7-4-10-25-19/h3-12H,13,21H2,1-2H3,(H,22,24). The zero-order chi connectivity index (χ0) is 17.8. The van der Waals surface area contributed by atoms with Crippen molar-refractivity contribution in [3.05, 3.63) is 72.0 Å². The van der Waals surface area contributed by atoms with Crippen LogP contribution in [0.15, 0.2) is 65.3 Å². The summed E-state index contributed by atoms with van der Waals surface area (Å²) in [5.74, 6) is 0.651. The van der Waals surface area contributed by atoms with E-state index in [1.165, 1.54) is 0 Å². The van der Waals surface area contributed by atoms with Gasteiger partial charge < -0.3 is 20.4 Å². The highest BCUT2D eigenvalue weighted by Crippen LogP contribution is 2.22. The van der Waals surface area contributed by atoms with Gasteiger partial charge >= 0.3 is 0 Å². The zero-order valence-electron chi connectivity index (χ0n) is 14.3. The summed E-state index contributed by atoms with van der Waals surface area (Å²) in [4.78, 5) is 14.5. The van der Waals surface area contributed by atoms with E-state index < -0.39 is 0 Å². The zero-order valence-corrected chi connectivity index (χ0v) is 14.3. The van der Waals surface area contributed by atoms with Crippen molar-refractivity contribution in [3.63, 3.8) is 0 Å². The molecule has 0 unspecified atom stereocenters. The SMILES string of the molecule is CN(C)c1ccc(N)cc1C(=O)NCc1cccc(-c2ccco2)c1. The fourth-order valence-corrected chi connectivity index (χ4v) is 2.68. The first-order valence-corrected chi connectivity index (χ1v) is 8.02. The molecule has 0 fully saturated rings. The molecule has 3 aromatic rings. The highest BCUT2D eigenvalue weighted by molar-refractivity contribution is 6.00. The summed E-state index contributed by atoms with van der Waals surface area (Å²) in [5, 5.41) is 2.96. The van der Waals surface area contributed by atoms with E-state index in [0.717, 1.165) is 22.6 Å². The summed E-state index contributed by atoms with van der Waals surface area (Å²) in [6.45, 7) is 0.426. The second-order valence-corrected chi connectivity index (χ2v) is 6.03. The molecule has 0 saturated carbocycles. The number of hydrogen-bond acceptors (Lipinski definition) is 4. The number of furan rings is 1. The van der Waals surface area contributed by atoms with Crippen LogP contribution in [0.1, 0.15) is 15.9 Å². The van der Waals surface area contributed by atoms with Crippen molar-refractivity contribution in [3.8, 4) is 11.3 Å². The Morgan fingerprint density at radius 3 is 2.68 bits per heavy atom. The Morgan fingerprint density at radius 1 is 1.12 bits per heavy atom. The van der Waals surface area contributed by atoms with Crippen LogP contribution in [0.2, 0.25) is 0 Å². The summed E-state index contributed by atoms with van der Waals surface area (Å²) in [7, 11) is 3.80. The summed E-state index contributed by atoms with van der Waals surface area (Å²) in [6, 6.07) is 17.0. The molecule has 0 saturated heterocycles. The van der Waals surface area contributed by atoms with Crippen molar-refractivity contribution < 1.29 is 9.21 Å². The Balaban J connectivity index is 1.75. The Kier molecular flexibility index (Phi) is 4.75. The van der Waals surface area contributed by atoms with Gasteiger partial charge in [-0.05, 0) is 42.0 Å². The van der Waals surface area contributed by atoms with Crippen LogP contribution in [0.5, 0.6) is 0 Å². The van der Waals surface area contributed by atoms with Crippen LogP contribution < -0.4 is 16.0 Å². The van der Waals surface area contributed by atoms with Gasteiger partial charge in [-0.1, -0.05) is 18.2 Å². The smallest absolute Gasteiger partial charge is 0.253 e. The van der Waals surface area contributed by atoms with Crippen LogP contribution in [0, 0.1) is 0 Å². The Morgan fingerprint density at radius 2 is 1.96 bits per heavy atom. The third-order valence-corrected chi connectivity index (χ3v) is 3.93. The quantitative estimate of drug-likeness (QED) is 0.700. The minimum atomic E-state index is -0.153. The highest BCUT2D eigenvalue weighted by atomic mass is 16.3. The maximum atomic E-state index is 12.6. The van der Waals surface area contributed by atoms with Gasteiger partial charge in [0.2, 0.25) is 0 Å². The number of carbonyl (C=O) groups is 1. The molecule has 0 spiro atoms. The number of nitrogens with one attached hydrogen (secondary N) is 1. The first-order chi connectivity index (χ1) is 12.0. The van der Waals surface area contributed by atoms with E-state index in [1.807, 2.05) is 61.5 Å². The first kappa shape index (κ1) is 16.6. The lowest BCUT2D eigenvalue weighted by Gasteiger charge is -2.17. The predicted octanol–water partition coefficient (Wildman–Crippen LogP) is 3.52. The molecule has 0 atom stereocenters. The van der Waals surface area contributed by atoms with Crippen LogP contribution >= 0.6 is 0 Å². The molecule has 3 N–H and O–H groups in total. The molecule has 0 radical (unpaired) electrons. The van der Waals surface area contributed by atoms with Crippen LogP contribution in [0.4, 0.5) is 11.4 Å². The Labute approximate surface area is 147 Å². The molecule has 5 heteroatoms. The van der Waals surface area contributed by atoms with Crippen molar-refractivity contribution in [2.45, 2.75) is 6.54 Å². The van der Waals surface area contributed by atoms with Gasteiger partial charge in [-0.2, -0.15) is 0 Å². The van der Waals surface area contributed by atoms with E-state index in [0.29, 0.717) is 17.8 Å². The first-order valence-electron chi connectivity index (χ1n) is 8.02. The van der Waals surface area contributed by atoms with Crippen molar-refractivity contribution in [2.24, 2.45) is 0 Å². The normalized spacial score (nSPS) is 10.5. The van der Waals surface area contributed by atoms with E-state index in [2.05, 4.69) is 5.32 Å². The molecular weight excluding hydrogens is 314 g/mol. The van der Waals surface area contributed by atoms with Gasteiger partial charge in [-0.3, -0.25) is 4.79 Å². The molecule has 1 aromatic heterocycles.